The molecule has 146 valence electrons. The van der Waals surface area contributed by atoms with E-state index in [1.807, 2.05) is 0 Å². The number of hydrogen-bond donors (Lipinski definition) is 0. The van der Waals surface area contributed by atoms with Crippen LogP contribution < -0.4 is 0 Å². The molecule has 2 fully saturated rings. The normalized spacial score (nSPS) is 21.8. The minimum Gasteiger partial charge on any atom is -0.207 e. The number of rotatable bonds is 4. The van der Waals surface area contributed by atoms with E-state index in [4.69, 9.17) is 0 Å². The van der Waals surface area contributed by atoms with Crippen molar-refractivity contribution in [1.82, 2.24) is 8.61 Å². The predicted octanol–water partition coefficient (Wildman–Crippen LogP) is 2.82. The third-order valence-electron chi connectivity index (χ3n) is 5.21. The van der Waals surface area contributed by atoms with Crippen molar-refractivity contribution in [2.45, 2.75) is 61.2 Å². The lowest BCUT2D eigenvalue weighted by Gasteiger charge is -2.22. The first-order chi connectivity index (χ1) is 12.4. The van der Waals surface area contributed by atoms with Crippen LogP contribution in [0.25, 0.3) is 0 Å². The van der Waals surface area contributed by atoms with Crippen LogP contribution in [0.4, 0.5) is 0 Å². The molecule has 2 aliphatic heterocycles. The maximum atomic E-state index is 13.0. The van der Waals surface area contributed by atoms with Crippen LogP contribution in [0, 0.1) is 0 Å². The van der Waals surface area contributed by atoms with Gasteiger partial charge < -0.3 is 0 Å². The summed E-state index contributed by atoms with van der Waals surface area (Å²) in [5.74, 6) is 0. The van der Waals surface area contributed by atoms with Gasteiger partial charge in [-0.15, -0.1) is 0 Å². The Morgan fingerprint density at radius 1 is 0.577 bits per heavy atom. The van der Waals surface area contributed by atoms with Gasteiger partial charge in [0.1, 0.15) is 0 Å². The molecule has 0 spiro atoms. The van der Waals surface area contributed by atoms with Gasteiger partial charge in [-0.25, -0.2) is 16.8 Å². The highest BCUT2D eigenvalue weighted by Crippen LogP contribution is 2.25. The average molecular weight is 401 g/mol. The molecule has 0 aliphatic carbocycles. The summed E-state index contributed by atoms with van der Waals surface area (Å²) in [4.78, 5) is 0.158. The first-order valence-electron chi connectivity index (χ1n) is 9.53. The molecule has 0 radical (unpaired) electrons. The topological polar surface area (TPSA) is 74.8 Å². The van der Waals surface area contributed by atoms with Crippen LogP contribution in [0.5, 0.6) is 0 Å². The first-order valence-corrected chi connectivity index (χ1v) is 12.4. The molecule has 1 aromatic carbocycles. The van der Waals surface area contributed by atoms with E-state index in [-0.39, 0.29) is 9.79 Å². The van der Waals surface area contributed by atoms with Crippen LogP contribution in [-0.2, 0) is 20.0 Å². The van der Waals surface area contributed by atoms with Gasteiger partial charge in [0.25, 0.3) is 0 Å². The van der Waals surface area contributed by atoms with E-state index in [1.54, 1.807) is 0 Å². The van der Waals surface area contributed by atoms with E-state index in [0.29, 0.717) is 26.2 Å². The van der Waals surface area contributed by atoms with Crippen molar-refractivity contribution in [3.63, 3.8) is 0 Å². The molecular weight excluding hydrogens is 372 g/mol. The summed E-state index contributed by atoms with van der Waals surface area (Å²) < 4.78 is 54.9. The smallest absolute Gasteiger partial charge is 0.207 e. The second kappa shape index (κ2) is 8.37. The Kier molecular flexibility index (Phi) is 6.37. The fourth-order valence-electron chi connectivity index (χ4n) is 3.66. The summed E-state index contributed by atoms with van der Waals surface area (Å²) in [6.07, 6.45) is 7.56. The molecule has 8 heteroatoms. The Balaban J connectivity index is 1.89. The molecule has 0 bridgehead atoms. The lowest BCUT2D eigenvalue weighted by Crippen LogP contribution is -2.33. The Labute approximate surface area is 157 Å². The van der Waals surface area contributed by atoms with Gasteiger partial charge >= 0.3 is 0 Å². The SMILES string of the molecule is O=S(=O)(c1cccc(S(=O)(=O)N2CCCCCC2)c1)N1CCCCCC1. The minimum atomic E-state index is -3.66. The number of sulfonamides is 2. The van der Waals surface area contributed by atoms with Crippen molar-refractivity contribution < 1.29 is 16.8 Å². The molecule has 2 aliphatic rings. The molecule has 0 N–H and O–H groups in total. The van der Waals surface area contributed by atoms with E-state index in [0.717, 1.165) is 51.4 Å². The molecule has 3 rings (SSSR count). The maximum absolute atomic E-state index is 13.0. The number of benzene rings is 1. The molecule has 0 unspecified atom stereocenters. The molecule has 26 heavy (non-hydrogen) atoms. The van der Waals surface area contributed by atoms with Gasteiger partial charge in [0.2, 0.25) is 20.0 Å². The van der Waals surface area contributed by atoms with Crippen LogP contribution in [-0.4, -0.2) is 51.6 Å². The van der Waals surface area contributed by atoms with E-state index < -0.39 is 20.0 Å². The van der Waals surface area contributed by atoms with Crippen LogP contribution in [0.15, 0.2) is 34.1 Å². The van der Waals surface area contributed by atoms with Gasteiger partial charge in [-0.05, 0) is 43.9 Å². The fourth-order valence-corrected chi connectivity index (χ4v) is 6.86. The molecule has 0 saturated carbocycles. The van der Waals surface area contributed by atoms with E-state index >= 15 is 0 Å². The second-order valence-corrected chi connectivity index (χ2v) is 11.0. The molecule has 1 aromatic rings. The summed E-state index contributed by atoms with van der Waals surface area (Å²) in [6.45, 7) is 2.02. The Bertz CT molecular complexity index is 740. The largest absolute Gasteiger partial charge is 0.243 e. The Morgan fingerprint density at radius 2 is 0.923 bits per heavy atom. The lowest BCUT2D eigenvalue weighted by atomic mass is 10.2. The van der Waals surface area contributed by atoms with Crippen LogP contribution >= 0.6 is 0 Å². The molecular formula is C18H28N2O4S2. The first kappa shape index (κ1) is 19.8. The summed E-state index contributed by atoms with van der Waals surface area (Å²) in [6, 6.07) is 5.87. The zero-order chi connectivity index (χ0) is 18.6. The molecule has 0 atom stereocenters. The van der Waals surface area contributed by atoms with Crippen molar-refractivity contribution in [2.75, 3.05) is 26.2 Å². The van der Waals surface area contributed by atoms with Gasteiger partial charge in [-0.3, -0.25) is 0 Å². The van der Waals surface area contributed by atoms with Crippen molar-refractivity contribution >= 4 is 20.0 Å². The van der Waals surface area contributed by atoms with Gasteiger partial charge in [-0.2, -0.15) is 8.61 Å². The summed E-state index contributed by atoms with van der Waals surface area (Å²) >= 11 is 0. The van der Waals surface area contributed by atoms with Gasteiger partial charge in [-0.1, -0.05) is 31.7 Å². The molecule has 0 aromatic heterocycles. The third-order valence-corrected chi connectivity index (χ3v) is 9.00. The van der Waals surface area contributed by atoms with Crippen LogP contribution in [0.3, 0.4) is 0 Å². The van der Waals surface area contributed by atoms with E-state index in [1.165, 1.54) is 32.9 Å². The summed E-state index contributed by atoms with van der Waals surface area (Å²) in [5, 5.41) is 0. The number of nitrogens with zero attached hydrogens (tertiary/aromatic N) is 2. The number of hydrogen-bond acceptors (Lipinski definition) is 4. The van der Waals surface area contributed by atoms with Crippen LogP contribution in [0.2, 0.25) is 0 Å². The van der Waals surface area contributed by atoms with E-state index in [2.05, 4.69) is 0 Å². The predicted molar refractivity (Wildman–Crippen MR) is 101 cm³/mol. The van der Waals surface area contributed by atoms with Gasteiger partial charge in [0, 0.05) is 26.2 Å². The Hall–Kier alpha value is -0.960. The second-order valence-electron chi connectivity index (χ2n) is 7.11. The van der Waals surface area contributed by atoms with Gasteiger partial charge in [0.15, 0.2) is 0 Å². The zero-order valence-corrected chi connectivity index (χ0v) is 16.8. The van der Waals surface area contributed by atoms with Crippen molar-refractivity contribution in [3.8, 4) is 0 Å². The van der Waals surface area contributed by atoms with Gasteiger partial charge in [0.05, 0.1) is 9.79 Å². The molecule has 2 saturated heterocycles. The summed E-state index contributed by atoms with van der Waals surface area (Å²) in [7, 11) is -7.31. The minimum absolute atomic E-state index is 0.0790. The maximum Gasteiger partial charge on any atom is 0.243 e. The molecule has 6 nitrogen and oxygen atoms in total. The van der Waals surface area contributed by atoms with Crippen molar-refractivity contribution in [3.05, 3.63) is 24.3 Å². The highest BCUT2D eigenvalue weighted by atomic mass is 32.2. The third kappa shape index (κ3) is 4.30. The standard InChI is InChI=1S/C18H28N2O4S2/c21-25(22,19-12-5-1-2-6-13-19)17-10-9-11-18(16-17)26(23,24)20-14-7-3-4-8-15-20/h9-11,16H,1-8,12-15H2. The van der Waals surface area contributed by atoms with Crippen LogP contribution in [0.1, 0.15) is 51.4 Å². The fraction of sp³-hybridized carbons (Fsp3) is 0.667. The quantitative estimate of drug-likeness (QED) is 0.779. The average Bonchev–Trinajstić information content (AvgIpc) is 3.07. The molecule has 0 amide bonds. The zero-order valence-electron chi connectivity index (χ0n) is 15.1. The Morgan fingerprint density at radius 3 is 1.27 bits per heavy atom. The molecule has 2 heterocycles. The highest BCUT2D eigenvalue weighted by Gasteiger charge is 2.29. The highest BCUT2D eigenvalue weighted by molar-refractivity contribution is 7.90. The monoisotopic (exact) mass is 400 g/mol. The lowest BCUT2D eigenvalue weighted by molar-refractivity contribution is 0.422. The van der Waals surface area contributed by atoms with E-state index in [9.17, 15) is 16.8 Å². The van der Waals surface area contributed by atoms with Crippen molar-refractivity contribution in [1.29, 1.82) is 0 Å². The summed E-state index contributed by atoms with van der Waals surface area (Å²) in [5.41, 5.74) is 0. The van der Waals surface area contributed by atoms with Crippen molar-refractivity contribution in [2.24, 2.45) is 0 Å².